The molecule has 1 heterocycles. The van der Waals surface area contributed by atoms with Crippen molar-refractivity contribution in [1.29, 1.82) is 0 Å². The fourth-order valence-corrected chi connectivity index (χ4v) is 6.41. The summed E-state index contributed by atoms with van der Waals surface area (Å²) in [6.07, 6.45) is 3.30. The maximum atomic E-state index is 13.1. The van der Waals surface area contributed by atoms with Gasteiger partial charge in [-0.25, -0.2) is 8.42 Å². The molecule has 4 rings (SSSR count). The van der Waals surface area contributed by atoms with E-state index in [4.69, 9.17) is 0 Å². The maximum absolute atomic E-state index is 13.1. The summed E-state index contributed by atoms with van der Waals surface area (Å²) in [6, 6.07) is 24.2. The molecular weight excluding hydrogens is 480 g/mol. The monoisotopic (exact) mass is 508 g/mol. The summed E-state index contributed by atoms with van der Waals surface area (Å²) in [6.45, 7) is 0. The molecule has 0 saturated heterocycles. The van der Waals surface area contributed by atoms with Crippen molar-refractivity contribution < 1.29 is 18.3 Å². The van der Waals surface area contributed by atoms with Crippen molar-refractivity contribution in [2.75, 3.05) is 16.8 Å². The number of aliphatic carboxylic acids is 1. The van der Waals surface area contributed by atoms with Crippen molar-refractivity contribution in [3.05, 3.63) is 95.6 Å². The minimum Gasteiger partial charge on any atom is -0.481 e. The summed E-state index contributed by atoms with van der Waals surface area (Å²) in [5.74, 6) is -0.938. The van der Waals surface area contributed by atoms with Gasteiger partial charge in [-0.15, -0.1) is 11.8 Å². The van der Waals surface area contributed by atoms with Crippen LogP contribution in [0.25, 0.3) is 0 Å². The summed E-state index contributed by atoms with van der Waals surface area (Å²) < 4.78 is 26.1. The first-order valence-corrected chi connectivity index (χ1v) is 14.2. The van der Waals surface area contributed by atoms with Gasteiger partial charge in [-0.2, -0.15) is 0 Å². The third-order valence-corrected chi connectivity index (χ3v) is 8.61. The first-order valence-electron chi connectivity index (χ1n) is 11.5. The highest BCUT2D eigenvalue weighted by Crippen LogP contribution is 2.26. The van der Waals surface area contributed by atoms with E-state index >= 15 is 0 Å². The van der Waals surface area contributed by atoms with E-state index < -0.39 is 21.7 Å². The number of benzene rings is 3. The van der Waals surface area contributed by atoms with Crippen LogP contribution in [-0.4, -0.2) is 42.7 Å². The van der Waals surface area contributed by atoms with E-state index in [1.165, 1.54) is 5.56 Å². The minimum absolute atomic E-state index is 0.0664. The molecule has 2 atom stereocenters. The van der Waals surface area contributed by atoms with Gasteiger partial charge in [0.05, 0.1) is 17.1 Å². The second-order valence-corrected chi connectivity index (χ2v) is 11.6. The van der Waals surface area contributed by atoms with E-state index in [9.17, 15) is 18.3 Å². The Morgan fingerprint density at radius 1 is 1.00 bits per heavy atom. The van der Waals surface area contributed by atoms with Gasteiger partial charge < -0.3 is 10.4 Å². The molecule has 1 aliphatic rings. The molecule has 3 aromatic carbocycles. The van der Waals surface area contributed by atoms with Crippen molar-refractivity contribution in [2.45, 2.75) is 35.6 Å². The Balaban J connectivity index is 1.39. The molecule has 8 heteroatoms. The smallest absolute Gasteiger partial charge is 0.303 e. The van der Waals surface area contributed by atoms with Crippen LogP contribution < -0.4 is 5.32 Å². The largest absolute Gasteiger partial charge is 0.481 e. The normalized spacial score (nSPS) is 16.2. The van der Waals surface area contributed by atoms with Crippen LogP contribution in [0, 0.1) is 0 Å². The maximum Gasteiger partial charge on any atom is 0.303 e. The molecule has 0 aromatic heterocycles. The SMILES string of the molecule is O=C(O)C[C@H](CS(=O)(=O)c1ccc(CCc2cccc(NC3N=CCS3)c2)cc1)c1ccccc1. The van der Waals surface area contributed by atoms with E-state index in [1.54, 1.807) is 48.2 Å². The molecule has 0 fully saturated rings. The van der Waals surface area contributed by atoms with Gasteiger partial charge >= 0.3 is 5.97 Å². The molecule has 0 aliphatic carbocycles. The quantitative estimate of drug-likeness (QED) is 0.378. The highest BCUT2D eigenvalue weighted by atomic mass is 32.2. The van der Waals surface area contributed by atoms with Gasteiger partial charge in [0, 0.05) is 23.6 Å². The van der Waals surface area contributed by atoms with E-state index in [0.717, 1.165) is 29.8 Å². The number of carbonyl (C=O) groups is 1. The number of sulfone groups is 1. The summed E-state index contributed by atoms with van der Waals surface area (Å²) in [7, 11) is -3.64. The fraction of sp³-hybridized carbons (Fsp3) is 0.259. The lowest BCUT2D eigenvalue weighted by molar-refractivity contribution is -0.137. The van der Waals surface area contributed by atoms with Gasteiger partial charge in [-0.1, -0.05) is 54.6 Å². The van der Waals surface area contributed by atoms with Crippen LogP contribution in [0.3, 0.4) is 0 Å². The molecule has 1 aliphatic heterocycles. The Kier molecular flexibility index (Phi) is 8.25. The van der Waals surface area contributed by atoms with Crippen LogP contribution in [-0.2, 0) is 27.5 Å². The number of hydrogen-bond donors (Lipinski definition) is 2. The molecule has 3 aromatic rings. The van der Waals surface area contributed by atoms with Gasteiger partial charge in [-0.3, -0.25) is 9.79 Å². The number of hydrogen-bond acceptors (Lipinski definition) is 6. The summed E-state index contributed by atoms with van der Waals surface area (Å²) in [5, 5.41) is 12.7. The average Bonchev–Trinajstić information content (AvgIpc) is 3.36. The van der Waals surface area contributed by atoms with E-state index in [1.807, 2.05) is 36.5 Å². The minimum atomic E-state index is -3.64. The lowest BCUT2D eigenvalue weighted by Crippen LogP contribution is -2.18. The lowest BCUT2D eigenvalue weighted by Gasteiger charge is -2.16. The van der Waals surface area contributed by atoms with Crippen molar-refractivity contribution in [1.82, 2.24) is 0 Å². The van der Waals surface area contributed by atoms with Gasteiger partial charge in [-0.05, 0) is 53.8 Å². The molecule has 0 bridgehead atoms. The topological polar surface area (TPSA) is 95.8 Å². The van der Waals surface area contributed by atoms with Crippen molar-refractivity contribution in [3.63, 3.8) is 0 Å². The molecule has 182 valence electrons. The summed E-state index contributed by atoms with van der Waals surface area (Å²) in [5.41, 5.74) is 4.05. The Hall–Kier alpha value is -3.10. The van der Waals surface area contributed by atoms with Gasteiger partial charge in [0.25, 0.3) is 0 Å². The standard InChI is InChI=1S/C27H28N2O4S2/c30-26(31)18-23(22-6-2-1-3-7-22)19-35(32,33)25-13-11-20(12-14-25)9-10-21-5-4-8-24(17-21)29-27-28-15-16-34-27/h1-8,11-15,17,23,27,29H,9-10,16,18-19H2,(H,30,31)/t23-,27?/m1/s1. The Morgan fingerprint density at radius 3 is 2.43 bits per heavy atom. The Morgan fingerprint density at radius 2 is 1.74 bits per heavy atom. The molecule has 35 heavy (non-hydrogen) atoms. The van der Waals surface area contributed by atoms with Crippen LogP contribution in [0.5, 0.6) is 0 Å². The number of carboxylic acids is 1. The number of thioether (sulfide) groups is 1. The number of nitrogens with zero attached hydrogens (tertiary/aromatic N) is 1. The van der Waals surface area contributed by atoms with Crippen LogP contribution in [0.1, 0.15) is 29.0 Å². The molecule has 1 unspecified atom stereocenters. The lowest BCUT2D eigenvalue weighted by atomic mass is 9.98. The van der Waals surface area contributed by atoms with E-state index in [-0.39, 0.29) is 22.6 Å². The predicted molar refractivity (Wildman–Crippen MR) is 142 cm³/mol. The van der Waals surface area contributed by atoms with Crippen molar-refractivity contribution in [3.8, 4) is 0 Å². The first-order chi connectivity index (χ1) is 16.9. The first kappa shape index (κ1) is 25.0. The van der Waals surface area contributed by atoms with Gasteiger partial charge in [0.1, 0.15) is 0 Å². The van der Waals surface area contributed by atoms with Gasteiger partial charge in [0.2, 0.25) is 0 Å². The Bertz CT molecular complexity index is 1280. The second kappa shape index (κ2) is 11.6. The van der Waals surface area contributed by atoms with E-state index in [2.05, 4.69) is 22.4 Å². The van der Waals surface area contributed by atoms with Crippen LogP contribution in [0.15, 0.2) is 88.8 Å². The van der Waals surface area contributed by atoms with Crippen LogP contribution >= 0.6 is 11.8 Å². The molecule has 6 nitrogen and oxygen atoms in total. The number of aliphatic imine (C=N–C) groups is 1. The number of anilines is 1. The average molecular weight is 509 g/mol. The fourth-order valence-electron chi connectivity index (χ4n) is 4.08. The molecule has 2 N–H and O–H groups in total. The molecule has 0 spiro atoms. The number of carboxylic acid groups (broad SMARTS) is 1. The molecule has 0 saturated carbocycles. The summed E-state index contributed by atoms with van der Waals surface area (Å²) in [4.78, 5) is 15.9. The van der Waals surface area contributed by atoms with Crippen molar-refractivity contribution >= 4 is 39.5 Å². The molecular formula is C27H28N2O4S2. The number of rotatable bonds is 11. The third kappa shape index (κ3) is 7.19. The van der Waals surface area contributed by atoms with Crippen LogP contribution in [0.2, 0.25) is 0 Å². The van der Waals surface area contributed by atoms with Gasteiger partial charge in [0.15, 0.2) is 15.3 Å². The van der Waals surface area contributed by atoms with E-state index in [0.29, 0.717) is 5.56 Å². The molecule has 0 amide bonds. The molecule has 0 radical (unpaired) electrons. The Labute approximate surface area is 210 Å². The third-order valence-electron chi connectivity index (χ3n) is 5.88. The highest BCUT2D eigenvalue weighted by Gasteiger charge is 2.24. The second-order valence-electron chi connectivity index (χ2n) is 8.49. The predicted octanol–water partition coefficient (Wildman–Crippen LogP) is 5.02. The number of nitrogens with one attached hydrogen (secondary N) is 1. The zero-order valence-corrected chi connectivity index (χ0v) is 20.8. The number of aryl methyl sites for hydroxylation is 2. The van der Waals surface area contributed by atoms with Crippen LogP contribution in [0.4, 0.5) is 5.69 Å². The van der Waals surface area contributed by atoms with Crippen molar-refractivity contribution in [2.24, 2.45) is 4.99 Å². The zero-order valence-electron chi connectivity index (χ0n) is 19.2. The highest BCUT2D eigenvalue weighted by molar-refractivity contribution is 8.00. The summed E-state index contributed by atoms with van der Waals surface area (Å²) >= 11 is 1.75. The zero-order chi connectivity index (χ0) is 24.7.